The summed E-state index contributed by atoms with van der Waals surface area (Å²) in [7, 11) is 1.78. The van der Waals surface area contributed by atoms with Gasteiger partial charge in [0.25, 0.3) is 0 Å². The molecule has 0 aliphatic heterocycles. The van der Waals surface area contributed by atoms with Gasteiger partial charge >= 0.3 is 0 Å². The van der Waals surface area contributed by atoms with Gasteiger partial charge in [-0.05, 0) is 61.8 Å². The molecular weight excluding hydrogens is 267 g/mol. The van der Waals surface area contributed by atoms with Crippen molar-refractivity contribution in [1.29, 1.82) is 0 Å². The van der Waals surface area contributed by atoms with E-state index in [2.05, 4.69) is 0 Å². The van der Waals surface area contributed by atoms with Gasteiger partial charge in [0.1, 0.15) is 5.82 Å². The van der Waals surface area contributed by atoms with E-state index in [-0.39, 0.29) is 23.7 Å². The summed E-state index contributed by atoms with van der Waals surface area (Å²) in [4.78, 5) is 14.4. The Labute approximate surface area is 125 Å². The number of nitrogens with two attached hydrogens (primary N) is 1. The summed E-state index contributed by atoms with van der Waals surface area (Å²) in [6.45, 7) is 0. The maximum atomic E-state index is 13.0. The van der Waals surface area contributed by atoms with E-state index in [1.807, 2.05) is 0 Å². The van der Waals surface area contributed by atoms with Crippen molar-refractivity contribution in [2.75, 3.05) is 11.9 Å². The topological polar surface area (TPSA) is 46.3 Å². The zero-order chi connectivity index (χ0) is 15.0. The van der Waals surface area contributed by atoms with Crippen LogP contribution in [0.1, 0.15) is 32.1 Å². The van der Waals surface area contributed by atoms with Crippen LogP contribution in [0.25, 0.3) is 0 Å². The smallest absolute Gasteiger partial charge is 0.229 e. The number of amides is 1. The Kier molecular flexibility index (Phi) is 3.98. The molecule has 2 N–H and O–H groups in total. The third-order valence-electron chi connectivity index (χ3n) is 5.31. The van der Waals surface area contributed by atoms with E-state index in [0.29, 0.717) is 11.8 Å². The number of fused-ring (bicyclic) bond motifs is 2. The summed E-state index contributed by atoms with van der Waals surface area (Å²) in [5.74, 6) is 0.916. The van der Waals surface area contributed by atoms with Crippen LogP contribution in [0.15, 0.2) is 24.3 Å². The standard InChI is InChI=1S/C17H23FN2O/c1-20(15-7-5-14(18)6-8-15)17(21)13-9-11-3-2-4-12(10-13)16(11)19/h5-8,11-13,16H,2-4,9-10,19H2,1H3. The van der Waals surface area contributed by atoms with Crippen LogP contribution in [0, 0.1) is 23.6 Å². The van der Waals surface area contributed by atoms with Gasteiger partial charge in [0, 0.05) is 24.7 Å². The second-order valence-corrected chi connectivity index (χ2v) is 6.57. The number of benzene rings is 1. The largest absolute Gasteiger partial charge is 0.327 e. The van der Waals surface area contributed by atoms with Gasteiger partial charge in [-0.1, -0.05) is 6.42 Å². The summed E-state index contributed by atoms with van der Waals surface area (Å²) < 4.78 is 13.0. The molecule has 0 aromatic heterocycles. The average molecular weight is 290 g/mol. The number of rotatable bonds is 2. The highest BCUT2D eigenvalue weighted by atomic mass is 19.1. The average Bonchev–Trinajstić information content (AvgIpc) is 2.46. The molecule has 0 heterocycles. The van der Waals surface area contributed by atoms with E-state index in [1.54, 1.807) is 24.1 Å². The van der Waals surface area contributed by atoms with Gasteiger partial charge in [-0.2, -0.15) is 0 Å². The predicted octanol–water partition coefficient (Wildman–Crippen LogP) is 2.94. The molecule has 1 aromatic rings. The molecule has 2 aliphatic rings. The molecular formula is C17H23FN2O. The monoisotopic (exact) mass is 290 g/mol. The molecule has 2 bridgehead atoms. The molecule has 0 saturated heterocycles. The normalized spacial score (nSPS) is 31.8. The van der Waals surface area contributed by atoms with Crippen molar-refractivity contribution < 1.29 is 9.18 Å². The van der Waals surface area contributed by atoms with Crippen molar-refractivity contribution in [2.24, 2.45) is 23.5 Å². The Balaban J connectivity index is 1.71. The zero-order valence-corrected chi connectivity index (χ0v) is 12.5. The maximum absolute atomic E-state index is 13.0. The van der Waals surface area contributed by atoms with Gasteiger partial charge < -0.3 is 10.6 Å². The number of carbonyl (C=O) groups excluding carboxylic acids is 1. The van der Waals surface area contributed by atoms with Crippen molar-refractivity contribution in [2.45, 2.75) is 38.1 Å². The molecule has 2 unspecified atom stereocenters. The molecule has 0 radical (unpaired) electrons. The van der Waals surface area contributed by atoms with E-state index in [9.17, 15) is 9.18 Å². The molecule has 114 valence electrons. The first-order valence-corrected chi connectivity index (χ1v) is 7.85. The van der Waals surface area contributed by atoms with Gasteiger partial charge in [-0.25, -0.2) is 4.39 Å². The van der Waals surface area contributed by atoms with Gasteiger partial charge in [0.05, 0.1) is 0 Å². The Bertz CT molecular complexity index is 502. The van der Waals surface area contributed by atoms with Crippen molar-refractivity contribution >= 4 is 11.6 Å². The lowest BCUT2D eigenvalue weighted by Gasteiger charge is -2.44. The molecule has 3 rings (SSSR count). The second-order valence-electron chi connectivity index (χ2n) is 6.57. The van der Waals surface area contributed by atoms with Crippen LogP contribution < -0.4 is 10.6 Å². The van der Waals surface area contributed by atoms with Crippen LogP contribution in [0.5, 0.6) is 0 Å². The molecule has 2 fully saturated rings. The van der Waals surface area contributed by atoms with Gasteiger partial charge in [0.15, 0.2) is 0 Å². The maximum Gasteiger partial charge on any atom is 0.229 e. The fourth-order valence-electron chi connectivity index (χ4n) is 4.06. The fraction of sp³-hybridized carbons (Fsp3) is 0.588. The predicted molar refractivity (Wildman–Crippen MR) is 81.3 cm³/mol. The van der Waals surface area contributed by atoms with E-state index in [1.165, 1.54) is 18.6 Å². The quantitative estimate of drug-likeness (QED) is 0.910. The van der Waals surface area contributed by atoms with E-state index < -0.39 is 0 Å². The zero-order valence-electron chi connectivity index (χ0n) is 12.5. The summed E-state index contributed by atoms with van der Waals surface area (Å²) in [6, 6.07) is 6.37. The van der Waals surface area contributed by atoms with Crippen LogP contribution in [-0.4, -0.2) is 19.0 Å². The van der Waals surface area contributed by atoms with Crippen LogP contribution >= 0.6 is 0 Å². The van der Waals surface area contributed by atoms with Crippen LogP contribution in [0.2, 0.25) is 0 Å². The van der Waals surface area contributed by atoms with Crippen molar-refractivity contribution in [1.82, 2.24) is 0 Å². The summed E-state index contributed by atoms with van der Waals surface area (Å²) in [5.41, 5.74) is 7.04. The Morgan fingerprint density at radius 3 is 2.33 bits per heavy atom. The first-order chi connectivity index (χ1) is 10.1. The lowest BCUT2D eigenvalue weighted by molar-refractivity contribution is -0.124. The van der Waals surface area contributed by atoms with Gasteiger partial charge in [-0.15, -0.1) is 0 Å². The van der Waals surface area contributed by atoms with Crippen LogP contribution in [-0.2, 0) is 4.79 Å². The van der Waals surface area contributed by atoms with Gasteiger partial charge in [-0.3, -0.25) is 4.79 Å². The van der Waals surface area contributed by atoms with Gasteiger partial charge in [0.2, 0.25) is 5.91 Å². The molecule has 0 spiro atoms. The number of hydrogen-bond donors (Lipinski definition) is 1. The highest BCUT2D eigenvalue weighted by Gasteiger charge is 2.41. The Morgan fingerprint density at radius 2 is 1.76 bits per heavy atom. The first-order valence-electron chi connectivity index (χ1n) is 7.85. The van der Waals surface area contributed by atoms with Crippen molar-refractivity contribution in [3.05, 3.63) is 30.1 Å². The lowest BCUT2D eigenvalue weighted by Crippen LogP contribution is -2.49. The number of nitrogens with zero attached hydrogens (tertiary/aromatic N) is 1. The molecule has 21 heavy (non-hydrogen) atoms. The van der Waals surface area contributed by atoms with Crippen LogP contribution in [0.4, 0.5) is 10.1 Å². The third-order valence-corrected chi connectivity index (χ3v) is 5.31. The highest BCUT2D eigenvalue weighted by Crippen LogP contribution is 2.42. The van der Waals surface area contributed by atoms with Crippen molar-refractivity contribution in [3.63, 3.8) is 0 Å². The summed E-state index contributed by atoms with van der Waals surface area (Å²) in [6.07, 6.45) is 5.37. The summed E-state index contributed by atoms with van der Waals surface area (Å²) in [5, 5.41) is 0. The van der Waals surface area contributed by atoms with E-state index in [0.717, 1.165) is 31.4 Å². The minimum Gasteiger partial charge on any atom is -0.327 e. The minimum absolute atomic E-state index is 0.0650. The number of anilines is 1. The molecule has 2 aliphatic carbocycles. The third kappa shape index (κ3) is 2.82. The number of hydrogen-bond acceptors (Lipinski definition) is 2. The van der Waals surface area contributed by atoms with E-state index in [4.69, 9.17) is 5.73 Å². The molecule has 2 atom stereocenters. The lowest BCUT2D eigenvalue weighted by atomic mass is 9.65. The molecule has 1 aromatic carbocycles. The molecule has 4 heteroatoms. The molecule has 1 amide bonds. The fourth-order valence-corrected chi connectivity index (χ4v) is 4.06. The first kappa shape index (κ1) is 14.5. The molecule has 3 nitrogen and oxygen atoms in total. The van der Waals surface area contributed by atoms with E-state index >= 15 is 0 Å². The highest BCUT2D eigenvalue weighted by molar-refractivity contribution is 5.94. The van der Waals surface area contributed by atoms with Crippen molar-refractivity contribution in [3.8, 4) is 0 Å². The summed E-state index contributed by atoms with van der Waals surface area (Å²) >= 11 is 0. The van der Waals surface area contributed by atoms with Crippen LogP contribution in [0.3, 0.4) is 0 Å². The SMILES string of the molecule is CN(C(=O)C1CC2CCCC(C1)C2N)c1ccc(F)cc1. The Morgan fingerprint density at radius 1 is 1.19 bits per heavy atom. The Hall–Kier alpha value is -1.42. The minimum atomic E-state index is -0.280. The number of halogens is 1. The number of carbonyl (C=O) groups is 1. The molecule has 2 saturated carbocycles. The second kappa shape index (κ2) is 5.76.